The maximum atomic E-state index is 12.8. The van der Waals surface area contributed by atoms with Crippen LogP contribution in [0.3, 0.4) is 0 Å². The minimum Gasteiger partial charge on any atom is -0.508 e. The summed E-state index contributed by atoms with van der Waals surface area (Å²) < 4.78 is 6.37. The zero-order valence-electron chi connectivity index (χ0n) is 16.1. The maximum absolute atomic E-state index is 12.8. The summed E-state index contributed by atoms with van der Waals surface area (Å²) in [5, 5.41) is 20.8. The molecule has 1 fully saturated rings. The number of carbonyl (C=O) groups is 2. The summed E-state index contributed by atoms with van der Waals surface area (Å²) in [4.78, 5) is 27.0. The molecule has 1 saturated heterocycles. The van der Waals surface area contributed by atoms with Crippen LogP contribution in [0.25, 0.3) is 5.76 Å². The van der Waals surface area contributed by atoms with Crippen LogP contribution in [-0.4, -0.2) is 46.1 Å². The second-order valence-corrected chi connectivity index (χ2v) is 7.93. The van der Waals surface area contributed by atoms with E-state index in [2.05, 4.69) is 15.9 Å². The normalized spacial score (nSPS) is 18.6. The van der Waals surface area contributed by atoms with Crippen molar-refractivity contribution < 1.29 is 24.5 Å². The van der Waals surface area contributed by atoms with E-state index in [1.165, 1.54) is 17.0 Å². The third kappa shape index (κ3) is 4.52. The molecule has 6 nitrogen and oxygen atoms in total. The van der Waals surface area contributed by atoms with Crippen molar-refractivity contribution in [1.29, 1.82) is 0 Å². The molecule has 7 heteroatoms. The van der Waals surface area contributed by atoms with Crippen LogP contribution in [0.2, 0.25) is 0 Å². The number of aromatic hydroxyl groups is 1. The van der Waals surface area contributed by atoms with Crippen molar-refractivity contribution in [1.82, 2.24) is 4.90 Å². The number of amides is 1. The molecule has 1 aliphatic rings. The average molecular weight is 460 g/mol. The highest BCUT2D eigenvalue weighted by Gasteiger charge is 2.46. The van der Waals surface area contributed by atoms with Gasteiger partial charge in [0, 0.05) is 16.6 Å². The van der Waals surface area contributed by atoms with Gasteiger partial charge in [-0.2, -0.15) is 0 Å². The van der Waals surface area contributed by atoms with Crippen molar-refractivity contribution in [3.8, 4) is 5.75 Å². The van der Waals surface area contributed by atoms with E-state index in [0.717, 1.165) is 4.47 Å². The summed E-state index contributed by atoms with van der Waals surface area (Å²) in [6, 6.07) is 12.3. The number of phenolic OH excluding ortho intramolecular Hbond substituents is 1. The number of hydrogen-bond acceptors (Lipinski definition) is 5. The van der Waals surface area contributed by atoms with Crippen LogP contribution in [0.5, 0.6) is 5.75 Å². The third-order valence-corrected chi connectivity index (χ3v) is 5.16. The lowest BCUT2D eigenvalue weighted by molar-refractivity contribution is -0.140. The molecule has 1 unspecified atom stereocenters. The SMILES string of the molecule is CC(C)OCCN1C(=O)C(=O)/C(=C(\O)c2ccc(Br)cc2)C1c1cccc(O)c1. The largest absolute Gasteiger partial charge is 0.508 e. The lowest BCUT2D eigenvalue weighted by Crippen LogP contribution is -2.33. The number of phenols is 1. The quantitative estimate of drug-likeness (QED) is 0.387. The van der Waals surface area contributed by atoms with Crippen molar-refractivity contribution in [2.75, 3.05) is 13.2 Å². The van der Waals surface area contributed by atoms with Crippen LogP contribution >= 0.6 is 15.9 Å². The molecule has 1 heterocycles. The molecule has 0 spiro atoms. The molecule has 3 rings (SSSR count). The van der Waals surface area contributed by atoms with E-state index in [1.807, 2.05) is 13.8 Å². The van der Waals surface area contributed by atoms with Crippen LogP contribution in [0.1, 0.15) is 31.0 Å². The molecule has 0 bridgehead atoms. The molecule has 0 radical (unpaired) electrons. The van der Waals surface area contributed by atoms with Crippen LogP contribution in [0.15, 0.2) is 58.6 Å². The number of aliphatic hydroxyl groups is 1. The first-order valence-electron chi connectivity index (χ1n) is 9.24. The topological polar surface area (TPSA) is 87.1 Å². The van der Waals surface area contributed by atoms with Crippen molar-refractivity contribution in [3.05, 3.63) is 69.7 Å². The van der Waals surface area contributed by atoms with E-state index in [0.29, 0.717) is 11.1 Å². The van der Waals surface area contributed by atoms with Gasteiger partial charge in [-0.05, 0) is 43.7 Å². The average Bonchev–Trinajstić information content (AvgIpc) is 2.93. The molecule has 2 aromatic carbocycles. The number of nitrogens with zero attached hydrogens (tertiary/aromatic N) is 1. The van der Waals surface area contributed by atoms with Crippen molar-refractivity contribution in [2.24, 2.45) is 0 Å². The number of Topliss-reactive ketones (excluding diaryl/α,β-unsaturated/α-hetero) is 1. The molecular weight excluding hydrogens is 438 g/mol. The van der Waals surface area contributed by atoms with Gasteiger partial charge in [-0.3, -0.25) is 9.59 Å². The molecule has 0 aliphatic carbocycles. The fraction of sp³-hybridized carbons (Fsp3) is 0.273. The van der Waals surface area contributed by atoms with Gasteiger partial charge in [0.05, 0.1) is 24.3 Å². The molecule has 0 saturated carbocycles. The van der Waals surface area contributed by atoms with Crippen LogP contribution in [-0.2, 0) is 14.3 Å². The molecule has 2 N–H and O–H groups in total. The van der Waals surface area contributed by atoms with Crippen molar-refractivity contribution in [2.45, 2.75) is 26.0 Å². The second-order valence-electron chi connectivity index (χ2n) is 7.01. The Morgan fingerprint density at radius 3 is 2.48 bits per heavy atom. The molecule has 1 amide bonds. The van der Waals surface area contributed by atoms with Gasteiger partial charge in [0.15, 0.2) is 0 Å². The van der Waals surface area contributed by atoms with E-state index < -0.39 is 17.7 Å². The Bertz CT molecular complexity index is 952. The Labute approximate surface area is 177 Å². The predicted molar refractivity (Wildman–Crippen MR) is 112 cm³/mol. The van der Waals surface area contributed by atoms with Gasteiger partial charge < -0.3 is 19.8 Å². The molecule has 1 aliphatic heterocycles. The smallest absolute Gasteiger partial charge is 0.295 e. The van der Waals surface area contributed by atoms with Crippen molar-refractivity contribution >= 4 is 33.4 Å². The number of carbonyl (C=O) groups excluding carboxylic acids is 2. The van der Waals surface area contributed by atoms with Crippen LogP contribution in [0, 0.1) is 0 Å². The molecule has 0 aromatic heterocycles. The van der Waals surface area contributed by atoms with Gasteiger partial charge in [0.1, 0.15) is 11.5 Å². The zero-order valence-corrected chi connectivity index (χ0v) is 17.7. The van der Waals surface area contributed by atoms with E-state index in [9.17, 15) is 19.8 Å². The van der Waals surface area contributed by atoms with E-state index in [-0.39, 0.29) is 36.3 Å². The summed E-state index contributed by atoms with van der Waals surface area (Å²) in [5.41, 5.74) is 0.953. The maximum Gasteiger partial charge on any atom is 0.295 e. The standard InChI is InChI=1S/C22H22BrNO5/c1-13(2)29-11-10-24-19(15-4-3-5-17(25)12-15)18(21(27)22(24)28)20(26)14-6-8-16(23)9-7-14/h3-9,12-13,19,25-26H,10-11H2,1-2H3/b20-18-. The highest BCUT2D eigenvalue weighted by Crippen LogP contribution is 2.40. The van der Waals surface area contributed by atoms with Crippen LogP contribution in [0.4, 0.5) is 0 Å². The van der Waals surface area contributed by atoms with Gasteiger partial charge >= 0.3 is 0 Å². The summed E-state index contributed by atoms with van der Waals surface area (Å²) in [6.45, 7) is 4.20. The minimum atomic E-state index is -0.818. The third-order valence-electron chi connectivity index (χ3n) is 4.63. The highest BCUT2D eigenvalue weighted by molar-refractivity contribution is 9.10. The van der Waals surface area contributed by atoms with Gasteiger partial charge in [-0.25, -0.2) is 0 Å². The van der Waals surface area contributed by atoms with Crippen LogP contribution < -0.4 is 0 Å². The number of likely N-dealkylation sites (tertiary alicyclic amines) is 1. The Hall–Kier alpha value is -2.64. The van der Waals surface area contributed by atoms with Gasteiger partial charge in [-0.15, -0.1) is 0 Å². The van der Waals surface area contributed by atoms with E-state index >= 15 is 0 Å². The summed E-state index contributed by atoms with van der Waals surface area (Å²) >= 11 is 3.34. The number of halogens is 1. The first-order chi connectivity index (χ1) is 13.8. The van der Waals surface area contributed by atoms with E-state index in [1.54, 1.807) is 36.4 Å². The fourth-order valence-electron chi connectivity index (χ4n) is 3.30. The Morgan fingerprint density at radius 2 is 1.86 bits per heavy atom. The first-order valence-corrected chi connectivity index (χ1v) is 10.0. The number of ketones is 1. The monoisotopic (exact) mass is 459 g/mol. The molecule has 2 aromatic rings. The Morgan fingerprint density at radius 1 is 1.17 bits per heavy atom. The van der Waals surface area contributed by atoms with Gasteiger partial charge in [-0.1, -0.05) is 40.2 Å². The number of hydrogen-bond donors (Lipinski definition) is 2. The lowest BCUT2D eigenvalue weighted by Gasteiger charge is -2.25. The minimum absolute atomic E-state index is 0.00697. The molecular formula is C22H22BrNO5. The number of rotatable bonds is 6. The number of aliphatic hydroxyl groups excluding tert-OH is 1. The lowest BCUT2D eigenvalue weighted by atomic mass is 9.95. The predicted octanol–water partition coefficient (Wildman–Crippen LogP) is 4.00. The fourth-order valence-corrected chi connectivity index (χ4v) is 3.57. The second kappa shape index (κ2) is 8.80. The molecule has 29 heavy (non-hydrogen) atoms. The number of ether oxygens (including phenoxy) is 1. The van der Waals surface area contributed by atoms with E-state index in [4.69, 9.17) is 4.74 Å². The highest BCUT2D eigenvalue weighted by atomic mass is 79.9. The number of benzene rings is 2. The zero-order chi connectivity index (χ0) is 21.1. The van der Waals surface area contributed by atoms with Crippen molar-refractivity contribution in [3.63, 3.8) is 0 Å². The molecule has 152 valence electrons. The first kappa shape index (κ1) is 21.1. The summed E-state index contributed by atoms with van der Waals surface area (Å²) in [5.74, 6) is -1.71. The van der Waals surface area contributed by atoms with Gasteiger partial charge in [0.25, 0.3) is 11.7 Å². The molecule has 1 atom stereocenters. The summed E-state index contributed by atoms with van der Waals surface area (Å²) in [7, 11) is 0. The Kier molecular flexibility index (Phi) is 6.39. The summed E-state index contributed by atoms with van der Waals surface area (Å²) in [6.07, 6.45) is -0.0196. The Balaban J connectivity index is 2.09. The van der Waals surface area contributed by atoms with Gasteiger partial charge in [0.2, 0.25) is 0 Å².